The van der Waals surface area contributed by atoms with Crippen LogP contribution in [-0.4, -0.2) is 74.4 Å². The molecule has 0 radical (unpaired) electrons. The van der Waals surface area contributed by atoms with Crippen LogP contribution in [0.1, 0.15) is 59.8 Å². The van der Waals surface area contributed by atoms with Crippen molar-refractivity contribution < 1.29 is 39.1 Å². The molecule has 3 aliphatic carbocycles. The van der Waals surface area contributed by atoms with E-state index in [1.807, 2.05) is 26.0 Å². The van der Waals surface area contributed by atoms with Gasteiger partial charge in [-0.2, -0.15) is 0 Å². The van der Waals surface area contributed by atoms with Gasteiger partial charge in [0.1, 0.15) is 29.5 Å². The molecule has 208 valence electrons. The van der Waals surface area contributed by atoms with Crippen molar-refractivity contribution in [2.75, 3.05) is 6.61 Å². The van der Waals surface area contributed by atoms with E-state index in [1.165, 1.54) is 6.42 Å². The maximum Gasteiger partial charge on any atom is 0.306 e. The first kappa shape index (κ1) is 26.6. The van der Waals surface area contributed by atoms with Gasteiger partial charge in [-0.1, -0.05) is 57.6 Å². The highest BCUT2D eigenvalue weighted by molar-refractivity contribution is 6.05. The standard InChI is InChI=1S/C30H40O8/c1-6-7-8-9-10-11-12-13-28-36-23-21-24-27(16-31,35-24)25(33)29(34)20(14-18(4)22(29)32)30(21,38-28)19(5)15-26(23,37-28)17(2)3/h10-14,19-21,23-25,31,33-34H,2,6-9,15-16H2,1,3-5H3/b11-10+,13-12+. The van der Waals surface area contributed by atoms with Crippen molar-refractivity contribution in [2.24, 2.45) is 17.8 Å². The Balaban J connectivity index is 1.48. The van der Waals surface area contributed by atoms with Gasteiger partial charge >= 0.3 is 5.97 Å². The van der Waals surface area contributed by atoms with E-state index < -0.39 is 70.9 Å². The second-order valence-corrected chi connectivity index (χ2v) is 12.3. The molecule has 3 heterocycles. The lowest BCUT2D eigenvalue weighted by atomic mass is 9.54. The zero-order valence-corrected chi connectivity index (χ0v) is 22.7. The van der Waals surface area contributed by atoms with Gasteiger partial charge in [0, 0.05) is 17.9 Å². The summed E-state index contributed by atoms with van der Waals surface area (Å²) < 4.78 is 26.3. The molecule has 0 aromatic rings. The molecule has 5 fully saturated rings. The van der Waals surface area contributed by atoms with E-state index >= 15 is 0 Å². The molecule has 38 heavy (non-hydrogen) atoms. The average Bonchev–Trinajstić information content (AvgIpc) is 3.52. The van der Waals surface area contributed by atoms with Crippen molar-refractivity contribution in [3.63, 3.8) is 0 Å². The molecule has 2 saturated carbocycles. The van der Waals surface area contributed by atoms with Crippen molar-refractivity contribution in [3.05, 3.63) is 48.1 Å². The van der Waals surface area contributed by atoms with Crippen molar-refractivity contribution in [1.82, 2.24) is 0 Å². The molecule has 6 aliphatic rings. The van der Waals surface area contributed by atoms with Crippen LogP contribution in [-0.2, 0) is 23.7 Å². The van der Waals surface area contributed by atoms with Crippen LogP contribution in [0.2, 0.25) is 0 Å². The van der Waals surface area contributed by atoms with Gasteiger partial charge in [0.05, 0.1) is 12.2 Å². The quantitative estimate of drug-likeness (QED) is 0.191. The van der Waals surface area contributed by atoms with Gasteiger partial charge in [-0.15, -0.1) is 0 Å². The number of carbonyl (C=O) groups is 1. The molecule has 8 heteroatoms. The Hall–Kier alpha value is -1.65. The first-order valence-corrected chi connectivity index (χ1v) is 14.0. The highest BCUT2D eigenvalue weighted by Crippen LogP contribution is 2.72. The molecule has 0 aromatic carbocycles. The minimum atomic E-state index is -2.21. The van der Waals surface area contributed by atoms with Crippen LogP contribution >= 0.6 is 0 Å². The lowest BCUT2D eigenvalue weighted by molar-refractivity contribution is -0.406. The minimum absolute atomic E-state index is 0.235. The average molecular weight is 529 g/mol. The summed E-state index contributed by atoms with van der Waals surface area (Å²) in [5, 5.41) is 34.1. The summed E-state index contributed by atoms with van der Waals surface area (Å²) in [6.07, 6.45) is 11.4. The van der Waals surface area contributed by atoms with Crippen molar-refractivity contribution in [2.45, 2.75) is 106 Å². The SMILES string of the molecule is C=C(C)C12CC(C)C34OC(/C=C/C=C/CCCCC)(OC1C3C1OC1(CO)C(O)C1(O)C(=O)C(C)=CC14)O2. The Labute approximate surface area is 224 Å². The Morgan fingerprint density at radius 2 is 1.97 bits per heavy atom. The minimum Gasteiger partial charge on any atom is -0.393 e. The summed E-state index contributed by atoms with van der Waals surface area (Å²) in [6, 6.07) is 0. The number of allylic oxidation sites excluding steroid dienone is 3. The number of fused-ring (bicyclic) bond motifs is 3. The van der Waals surface area contributed by atoms with E-state index in [1.54, 1.807) is 19.1 Å². The molecule has 0 aromatic heterocycles. The Morgan fingerprint density at radius 3 is 2.66 bits per heavy atom. The maximum absolute atomic E-state index is 13.5. The van der Waals surface area contributed by atoms with Crippen LogP contribution in [0.5, 0.6) is 0 Å². The zero-order chi connectivity index (χ0) is 27.3. The third-order valence-electron chi connectivity index (χ3n) is 10.2. The number of unbranched alkanes of at least 4 members (excludes halogenated alkanes) is 3. The van der Waals surface area contributed by atoms with Gasteiger partial charge in [-0.25, -0.2) is 0 Å². The lowest BCUT2D eigenvalue weighted by Gasteiger charge is -2.59. The maximum atomic E-state index is 13.5. The molecule has 3 aliphatic heterocycles. The van der Waals surface area contributed by atoms with Crippen LogP contribution < -0.4 is 0 Å². The number of rotatable bonds is 8. The molecule has 0 spiro atoms. The van der Waals surface area contributed by atoms with Gasteiger partial charge in [0.25, 0.3) is 0 Å². The molecule has 3 bridgehead atoms. The monoisotopic (exact) mass is 528 g/mol. The predicted octanol–water partition coefficient (Wildman–Crippen LogP) is 2.87. The van der Waals surface area contributed by atoms with Crippen LogP contribution in [0, 0.1) is 17.8 Å². The van der Waals surface area contributed by atoms with E-state index in [4.69, 9.17) is 18.9 Å². The summed E-state index contributed by atoms with van der Waals surface area (Å²) in [6.45, 7) is 11.5. The highest BCUT2D eigenvalue weighted by atomic mass is 16.9. The number of hydrogen-bond donors (Lipinski definition) is 3. The number of ketones is 1. The summed E-state index contributed by atoms with van der Waals surface area (Å²) in [7, 11) is 0. The second-order valence-electron chi connectivity index (χ2n) is 12.3. The normalized spacial score (nSPS) is 52.2. The van der Waals surface area contributed by atoms with Crippen LogP contribution in [0.3, 0.4) is 0 Å². The molecule has 3 saturated heterocycles. The highest BCUT2D eigenvalue weighted by Gasteiger charge is 2.88. The number of carbonyl (C=O) groups excluding carboxylic acids is 1. The topological polar surface area (TPSA) is 118 Å². The molecule has 6 rings (SSSR count). The second kappa shape index (κ2) is 8.43. The molecular weight excluding hydrogens is 488 g/mol. The van der Waals surface area contributed by atoms with E-state index in [-0.39, 0.29) is 5.92 Å². The van der Waals surface area contributed by atoms with E-state index in [2.05, 4.69) is 19.6 Å². The number of aliphatic hydroxyl groups is 3. The van der Waals surface area contributed by atoms with Gasteiger partial charge in [0.15, 0.2) is 11.4 Å². The van der Waals surface area contributed by atoms with Crippen LogP contribution in [0.4, 0.5) is 0 Å². The smallest absolute Gasteiger partial charge is 0.306 e. The number of epoxide rings is 1. The molecule has 3 N–H and O–H groups in total. The van der Waals surface area contributed by atoms with Crippen molar-refractivity contribution in [1.29, 1.82) is 0 Å². The largest absolute Gasteiger partial charge is 0.393 e. The fourth-order valence-corrected chi connectivity index (χ4v) is 8.28. The Bertz CT molecular complexity index is 1140. The van der Waals surface area contributed by atoms with E-state index in [0.29, 0.717) is 12.0 Å². The van der Waals surface area contributed by atoms with Crippen molar-refractivity contribution in [3.8, 4) is 0 Å². The summed E-state index contributed by atoms with van der Waals surface area (Å²) in [5.41, 5.74) is -4.66. The number of Topliss-reactive ketones (excluding diaryl/α,β-unsaturated/α-hetero) is 1. The predicted molar refractivity (Wildman–Crippen MR) is 138 cm³/mol. The fourth-order valence-electron chi connectivity index (χ4n) is 8.28. The Morgan fingerprint density at radius 1 is 1.21 bits per heavy atom. The summed E-state index contributed by atoms with van der Waals surface area (Å²) in [4.78, 5) is 13.5. The van der Waals surface area contributed by atoms with Gasteiger partial charge in [-0.3, -0.25) is 4.79 Å². The summed E-state index contributed by atoms with van der Waals surface area (Å²) in [5.74, 6) is -3.79. The molecule has 11 unspecified atom stereocenters. The lowest BCUT2D eigenvalue weighted by Crippen LogP contribution is -2.72. The van der Waals surface area contributed by atoms with Gasteiger partial charge in [-0.05, 0) is 50.2 Å². The first-order valence-electron chi connectivity index (χ1n) is 14.0. The number of aliphatic hydroxyl groups excluding tert-OH is 2. The zero-order valence-electron chi connectivity index (χ0n) is 22.7. The number of ether oxygens (including phenoxy) is 4. The fraction of sp³-hybridized carbons (Fsp3) is 0.700. The molecule has 8 nitrogen and oxygen atoms in total. The van der Waals surface area contributed by atoms with Crippen LogP contribution in [0.25, 0.3) is 0 Å². The third kappa shape index (κ3) is 3.03. The molecule has 11 atom stereocenters. The Kier molecular flexibility index (Phi) is 5.89. The first-order chi connectivity index (χ1) is 18.0. The summed E-state index contributed by atoms with van der Waals surface area (Å²) >= 11 is 0. The van der Waals surface area contributed by atoms with E-state index in [9.17, 15) is 20.1 Å². The van der Waals surface area contributed by atoms with Crippen LogP contribution in [0.15, 0.2) is 48.1 Å². The molecule has 0 amide bonds. The van der Waals surface area contributed by atoms with Gasteiger partial charge in [0.2, 0.25) is 0 Å². The van der Waals surface area contributed by atoms with Gasteiger partial charge < -0.3 is 34.3 Å². The third-order valence-corrected chi connectivity index (χ3v) is 10.2. The van der Waals surface area contributed by atoms with E-state index in [0.717, 1.165) is 24.8 Å². The number of hydrogen-bond acceptors (Lipinski definition) is 8. The molecular formula is C30H40O8. The van der Waals surface area contributed by atoms with Crippen molar-refractivity contribution >= 4 is 5.78 Å².